The number of amides is 1. The van der Waals surface area contributed by atoms with Crippen molar-refractivity contribution in [2.24, 2.45) is 5.84 Å². The molecule has 0 heterocycles. The second-order valence-corrected chi connectivity index (χ2v) is 4.20. The highest BCUT2D eigenvalue weighted by Gasteiger charge is 2.09. The van der Waals surface area contributed by atoms with Gasteiger partial charge in [-0.1, -0.05) is 11.6 Å². The van der Waals surface area contributed by atoms with Crippen LogP contribution in [0.1, 0.15) is 10.4 Å². The number of benzene rings is 2. The molecule has 2 rings (SSSR count). The number of hydrogen-bond acceptors (Lipinski definition) is 4. The zero-order chi connectivity index (χ0) is 13.8. The van der Waals surface area contributed by atoms with Crippen molar-refractivity contribution in [2.75, 3.05) is 5.73 Å². The maximum absolute atomic E-state index is 11.3. The highest BCUT2D eigenvalue weighted by molar-refractivity contribution is 6.32. The lowest BCUT2D eigenvalue weighted by Crippen LogP contribution is -2.29. The van der Waals surface area contributed by atoms with Crippen LogP contribution in [0, 0.1) is 0 Å². The van der Waals surface area contributed by atoms with E-state index in [2.05, 4.69) is 0 Å². The van der Waals surface area contributed by atoms with E-state index in [1.54, 1.807) is 36.4 Å². The van der Waals surface area contributed by atoms with Gasteiger partial charge in [-0.3, -0.25) is 10.2 Å². The van der Waals surface area contributed by atoms with Gasteiger partial charge >= 0.3 is 0 Å². The largest absolute Gasteiger partial charge is 0.456 e. The summed E-state index contributed by atoms with van der Waals surface area (Å²) in [5.74, 6) is 5.68. The molecule has 0 aliphatic carbocycles. The summed E-state index contributed by atoms with van der Waals surface area (Å²) in [6.45, 7) is 0. The third-order valence-corrected chi connectivity index (χ3v) is 2.73. The van der Waals surface area contributed by atoms with E-state index in [4.69, 9.17) is 27.9 Å². The summed E-state index contributed by atoms with van der Waals surface area (Å²) in [4.78, 5) is 11.3. The van der Waals surface area contributed by atoms with Gasteiger partial charge in [-0.25, -0.2) is 5.84 Å². The molecule has 0 saturated heterocycles. The Labute approximate surface area is 115 Å². The Morgan fingerprint density at radius 2 is 1.84 bits per heavy atom. The number of carbonyl (C=O) groups excluding carboxylic acids is 1. The molecule has 0 atom stereocenters. The lowest BCUT2D eigenvalue weighted by molar-refractivity contribution is 0.0953. The van der Waals surface area contributed by atoms with Gasteiger partial charge in [-0.15, -0.1) is 0 Å². The van der Waals surface area contributed by atoms with Crippen LogP contribution >= 0.6 is 11.6 Å². The average molecular weight is 278 g/mol. The van der Waals surface area contributed by atoms with Crippen LogP contribution in [0.5, 0.6) is 11.5 Å². The van der Waals surface area contributed by atoms with E-state index in [-0.39, 0.29) is 0 Å². The summed E-state index contributed by atoms with van der Waals surface area (Å²) in [5, 5.41) is 0.318. The third kappa shape index (κ3) is 3.15. The van der Waals surface area contributed by atoms with Crippen LogP contribution in [-0.4, -0.2) is 5.91 Å². The van der Waals surface area contributed by atoms with Gasteiger partial charge in [0.2, 0.25) is 0 Å². The number of hydrogen-bond donors (Lipinski definition) is 3. The van der Waals surface area contributed by atoms with Crippen LogP contribution in [0.25, 0.3) is 0 Å². The Hall–Kier alpha value is -2.24. The fourth-order valence-corrected chi connectivity index (χ4v) is 1.69. The van der Waals surface area contributed by atoms with E-state index in [0.29, 0.717) is 27.8 Å². The highest BCUT2D eigenvalue weighted by Crippen LogP contribution is 2.30. The Kier molecular flexibility index (Phi) is 3.89. The lowest BCUT2D eigenvalue weighted by atomic mass is 10.2. The first-order valence-corrected chi connectivity index (χ1v) is 5.82. The van der Waals surface area contributed by atoms with Gasteiger partial charge in [0.25, 0.3) is 5.91 Å². The lowest BCUT2D eigenvalue weighted by Gasteiger charge is -2.09. The van der Waals surface area contributed by atoms with E-state index >= 15 is 0 Å². The maximum Gasteiger partial charge on any atom is 0.265 e. The first kappa shape index (κ1) is 13.2. The molecule has 0 aliphatic rings. The molecule has 0 spiro atoms. The van der Waals surface area contributed by atoms with Crippen molar-refractivity contribution in [3.05, 3.63) is 53.1 Å². The van der Waals surface area contributed by atoms with Crippen LogP contribution in [-0.2, 0) is 0 Å². The van der Waals surface area contributed by atoms with Crippen molar-refractivity contribution < 1.29 is 9.53 Å². The zero-order valence-corrected chi connectivity index (χ0v) is 10.6. The first-order chi connectivity index (χ1) is 9.10. The molecule has 0 unspecified atom stereocenters. The average Bonchev–Trinajstić information content (AvgIpc) is 2.42. The van der Waals surface area contributed by atoms with E-state index in [9.17, 15) is 4.79 Å². The molecule has 0 saturated carbocycles. The van der Waals surface area contributed by atoms with Gasteiger partial charge in [0.1, 0.15) is 11.5 Å². The second-order valence-electron chi connectivity index (χ2n) is 3.79. The summed E-state index contributed by atoms with van der Waals surface area (Å²) in [6.07, 6.45) is 0. The molecule has 2 aromatic carbocycles. The van der Waals surface area contributed by atoms with Gasteiger partial charge in [0.05, 0.1) is 5.02 Å². The summed E-state index contributed by atoms with van der Waals surface area (Å²) < 4.78 is 5.58. The normalized spacial score (nSPS) is 10.0. The summed E-state index contributed by atoms with van der Waals surface area (Å²) in [7, 11) is 0. The molecule has 98 valence electrons. The van der Waals surface area contributed by atoms with Gasteiger partial charge < -0.3 is 10.5 Å². The molecule has 0 aliphatic heterocycles. The molecule has 0 radical (unpaired) electrons. The third-order valence-electron chi connectivity index (χ3n) is 2.43. The predicted molar refractivity (Wildman–Crippen MR) is 74.0 cm³/mol. The van der Waals surface area contributed by atoms with Crippen LogP contribution in [0.3, 0.4) is 0 Å². The van der Waals surface area contributed by atoms with Crippen LogP contribution in [0.2, 0.25) is 5.02 Å². The van der Waals surface area contributed by atoms with Crippen molar-refractivity contribution in [1.29, 1.82) is 0 Å². The molecule has 0 bridgehead atoms. The van der Waals surface area contributed by atoms with E-state index < -0.39 is 5.91 Å². The van der Waals surface area contributed by atoms with Crippen LogP contribution in [0.15, 0.2) is 42.5 Å². The topological polar surface area (TPSA) is 90.4 Å². The van der Waals surface area contributed by atoms with E-state index in [1.807, 2.05) is 5.43 Å². The van der Waals surface area contributed by atoms with Crippen molar-refractivity contribution in [3.8, 4) is 11.5 Å². The Balaban J connectivity index is 2.22. The molecular formula is C13H12ClN3O2. The monoisotopic (exact) mass is 277 g/mol. The molecular weight excluding hydrogens is 266 g/mol. The minimum absolute atomic E-state index is 0.318. The number of rotatable bonds is 3. The van der Waals surface area contributed by atoms with Crippen LogP contribution < -0.4 is 21.7 Å². The number of hydrazine groups is 1. The van der Waals surface area contributed by atoms with Gasteiger partial charge in [0, 0.05) is 11.3 Å². The SMILES string of the molecule is NNC(=O)c1ccc(Oc2ccc(N)cc2)c(Cl)c1. The molecule has 2 aromatic rings. The van der Waals surface area contributed by atoms with Gasteiger partial charge in [0.15, 0.2) is 0 Å². The number of carbonyl (C=O) groups is 1. The Morgan fingerprint density at radius 1 is 1.16 bits per heavy atom. The Morgan fingerprint density at radius 3 is 2.42 bits per heavy atom. The number of ether oxygens (including phenoxy) is 1. The van der Waals surface area contributed by atoms with Crippen molar-refractivity contribution in [3.63, 3.8) is 0 Å². The molecule has 5 nitrogen and oxygen atoms in total. The van der Waals surface area contributed by atoms with Crippen LogP contribution in [0.4, 0.5) is 5.69 Å². The first-order valence-electron chi connectivity index (χ1n) is 5.44. The summed E-state index contributed by atoms with van der Waals surface area (Å²) >= 11 is 6.04. The fourth-order valence-electron chi connectivity index (χ4n) is 1.47. The maximum atomic E-state index is 11.3. The number of nitrogens with one attached hydrogen (secondary N) is 1. The molecule has 1 amide bonds. The van der Waals surface area contributed by atoms with E-state index in [0.717, 1.165) is 0 Å². The fraction of sp³-hybridized carbons (Fsp3) is 0. The quantitative estimate of drug-likeness (QED) is 0.347. The minimum Gasteiger partial charge on any atom is -0.456 e. The standard InChI is InChI=1S/C13H12ClN3O2/c14-11-7-8(13(18)17-16)1-6-12(11)19-10-4-2-9(15)3-5-10/h1-7H,15-16H2,(H,17,18). The predicted octanol–water partition coefficient (Wildman–Crippen LogP) is 2.32. The number of halogens is 1. The van der Waals surface area contributed by atoms with Crippen molar-refractivity contribution >= 4 is 23.2 Å². The molecule has 6 heteroatoms. The molecule has 5 N–H and O–H groups in total. The zero-order valence-electron chi connectivity index (χ0n) is 9.89. The molecule has 0 aromatic heterocycles. The number of nitrogens with two attached hydrogens (primary N) is 2. The van der Waals surface area contributed by atoms with Crippen molar-refractivity contribution in [2.45, 2.75) is 0 Å². The smallest absolute Gasteiger partial charge is 0.265 e. The van der Waals surface area contributed by atoms with Gasteiger partial charge in [-0.05, 0) is 42.5 Å². The van der Waals surface area contributed by atoms with Gasteiger partial charge in [-0.2, -0.15) is 0 Å². The van der Waals surface area contributed by atoms with Crippen molar-refractivity contribution in [1.82, 2.24) is 5.43 Å². The Bertz CT molecular complexity index is 599. The minimum atomic E-state index is -0.416. The number of nitrogen functional groups attached to an aromatic ring is 2. The second kappa shape index (κ2) is 5.60. The molecule has 19 heavy (non-hydrogen) atoms. The summed E-state index contributed by atoms with van der Waals surface area (Å²) in [6, 6.07) is 11.6. The summed E-state index contributed by atoms with van der Waals surface area (Å²) in [5.41, 5.74) is 8.62. The number of anilines is 1. The van der Waals surface area contributed by atoms with E-state index in [1.165, 1.54) is 6.07 Å². The highest BCUT2D eigenvalue weighted by atomic mass is 35.5. The molecule has 0 fully saturated rings.